The van der Waals surface area contributed by atoms with E-state index in [1.54, 1.807) is 7.11 Å². The lowest BCUT2D eigenvalue weighted by Crippen LogP contribution is -2.23. The Labute approximate surface area is 114 Å². The highest BCUT2D eigenvalue weighted by Gasteiger charge is 2.13. The highest BCUT2D eigenvalue weighted by atomic mass is 32.2. The van der Waals surface area contributed by atoms with Crippen molar-refractivity contribution in [1.82, 2.24) is 5.32 Å². The number of benzene rings is 1. The second kappa shape index (κ2) is 7.70. The van der Waals surface area contributed by atoms with Gasteiger partial charge in [-0.2, -0.15) is 0 Å². The molecule has 1 N–H and O–H groups in total. The topological polar surface area (TPSA) is 21.3 Å². The molecule has 0 heterocycles. The summed E-state index contributed by atoms with van der Waals surface area (Å²) >= 11 is 1.90. The van der Waals surface area contributed by atoms with Gasteiger partial charge < -0.3 is 10.1 Å². The smallest absolute Gasteiger partial charge is 0.118 e. The van der Waals surface area contributed by atoms with Crippen LogP contribution in [-0.2, 0) is 0 Å². The number of rotatable bonds is 7. The van der Waals surface area contributed by atoms with E-state index in [0.717, 1.165) is 24.0 Å². The molecule has 0 spiro atoms. The first-order chi connectivity index (χ1) is 8.88. The average molecular weight is 265 g/mol. The lowest BCUT2D eigenvalue weighted by Gasteiger charge is -2.10. The third-order valence-corrected chi connectivity index (χ3v) is 4.53. The normalized spacial score (nSPS) is 16.1. The predicted molar refractivity (Wildman–Crippen MR) is 78.5 cm³/mol. The van der Waals surface area contributed by atoms with Crippen LogP contribution in [0.2, 0.25) is 0 Å². The van der Waals surface area contributed by atoms with Gasteiger partial charge in [0, 0.05) is 17.2 Å². The molecule has 0 atom stereocenters. The van der Waals surface area contributed by atoms with Crippen LogP contribution in [0.4, 0.5) is 0 Å². The van der Waals surface area contributed by atoms with Crippen LogP contribution in [-0.4, -0.2) is 26.0 Å². The second-order valence-electron chi connectivity index (χ2n) is 4.88. The largest absolute Gasteiger partial charge is 0.497 e. The first kappa shape index (κ1) is 13.8. The molecule has 0 amide bonds. The van der Waals surface area contributed by atoms with Crippen LogP contribution in [0.5, 0.6) is 5.75 Å². The van der Waals surface area contributed by atoms with Crippen molar-refractivity contribution >= 4 is 11.8 Å². The molecule has 18 heavy (non-hydrogen) atoms. The molecule has 1 saturated carbocycles. The van der Waals surface area contributed by atoms with Gasteiger partial charge in [-0.1, -0.05) is 12.8 Å². The van der Waals surface area contributed by atoms with Crippen LogP contribution in [0.15, 0.2) is 29.2 Å². The van der Waals surface area contributed by atoms with Crippen molar-refractivity contribution in [3.63, 3.8) is 0 Å². The SMILES string of the molecule is COc1ccc(SCCNCC2CCCC2)cc1. The standard InChI is InChI=1S/C15H23NOS/c1-17-14-6-8-15(9-7-14)18-11-10-16-12-13-4-2-3-5-13/h6-9,13,16H,2-5,10-12H2,1H3. The zero-order chi connectivity index (χ0) is 12.6. The van der Waals surface area contributed by atoms with Gasteiger partial charge in [-0.3, -0.25) is 0 Å². The van der Waals surface area contributed by atoms with Crippen molar-refractivity contribution in [2.45, 2.75) is 30.6 Å². The monoisotopic (exact) mass is 265 g/mol. The summed E-state index contributed by atoms with van der Waals surface area (Å²) in [7, 11) is 1.70. The maximum absolute atomic E-state index is 5.15. The summed E-state index contributed by atoms with van der Waals surface area (Å²) in [4.78, 5) is 1.32. The summed E-state index contributed by atoms with van der Waals surface area (Å²) in [5.74, 6) is 3.01. The van der Waals surface area contributed by atoms with Crippen LogP contribution in [0.3, 0.4) is 0 Å². The van der Waals surface area contributed by atoms with Crippen molar-refractivity contribution in [2.24, 2.45) is 5.92 Å². The summed E-state index contributed by atoms with van der Waals surface area (Å²) in [5.41, 5.74) is 0. The van der Waals surface area contributed by atoms with Crippen molar-refractivity contribution in [3.8, 4) is 5.75 Å². The van der Waals surface area contributed by atoms with E-state index in [2.05, 4.69) is 17.4 Å². The van der Waals surface area contributed by atoms with Crippen LogP contribution < -0.4 is 10.1 Å². The molecule has 0 unspecified atom stereocenters. The molecule has 1 aromatic rings. The molecule has 1 aromatic carbocycles. The fraction of sp³-hybridized carbons (Fsp3) is 0.600. The minimum absolute atomic E-state index is 0.929. The quantitative estimate of drug-likeness (QED) is 0.601. The van der Waals surface area contributed by atoms with Crippen molar-refractivity contribution in [2.75, 3.05) is 26.0 Å². The fourth-order valence-corrected chi connectivity index (χ4v) is 3.24. The van der Waals surface area contributed by atoms with Gasteiger partial charge in [0.25, 0.3) is 0 Å². The maximum atomic E-state index is 5.15. The Balaban J connectivity index is 1.56. The molecule has 0 aromatic heterocycles. The zero-order valence-electron chi connectivity index (χ0n) is 11.2. The number of methoxy groups -OCH3 is 1. The van der Waals surface area contributed by atoms with Crippen LogP contribution in [0.25, 0.3) is 0 Å². The molecular formula is C15H23NOS. The highest BCUT2D eigenvalue weighted by molar-refractivity contribution is 7.99. The molecule has 1 aliphatic carbocycles. The Morgan fingerprint density at radius 2 is 1.94 bits per heavy atom. The van der Waals surface area contributed by atoms with Gasteiger partial charge in [0.05, 0.1) is 7.11 Å². The molecule has 2 nitrogen and oxygen atoms in total. The van der Waals surface area contributed by atoms with Gasteiger partial charge in [0.2, 0.25) is 0 Å². The summed E-state index contributed by atoms with van der Waals surface area (Å²) < 4.78 is 5.15. The molecule has 0 aliphatic heterocycles. The predicted octanol–water partition coefficient (Wildman–Crippen LogP) is 3.57. The summed E-state index contributed by atoms with van der Waals surface area (Å²) in [6.07, 6.45) is 5.73. The van der Waals surface area contributed by atoms with Gasteiger partial charge in [0.15, 0.2) is 0 Å². The molecule has 0 radical (unpaired) electrons. The third-order valence-electron chi connectivity index (χ3n) is 3.51. The Bertz CT molecular complexity index is 333. The van der Waals surface area contributed by atoms with E-state index in [-0.39, 0.29) is 0 Å². The van der Waals surface area contributed by atoms with Crippen LogP contribution in [0, 0.1) is 5.92 Å². The van der Waals surface area contributed by atoms with Gasteiger partial charge in [-0.05, 0) is 49.6 Å². The number of hydrogen-bond donors (Lipinski definition) is 1. The highest BCUT2D eigenvalue weighted by Crippen LogP contribution is 2.24. The Kier molecular flexibility index (Phi) is 5.88. The van der Waals surface area contributed by atoms with Gasteiger partial charge in [0.1, 0.15) is 5.75 Å². The summed E-state index contributed by atoms with van der Waals surface area (Å²) in [6.45, 7) is 2.32. The molecule has 0 bridgehead atoms. The number of thioether (sulfide) groups is 1. The first-order valence-electron chi connectivity index (χ1n) is 6.86. The molecule has 0 saturated heterocycles. The van der Waals surface area contributed by atoms with E-state index in [1.807, 2.05) is 23.9 Å². The van der Waals surface area contributed by atoms with E-state index in [1.165, 1.54) is 37.1 Å². The van der Waals surface area contributed by atoms with Gasteiger partial charge in [-0.25, -0.2) is 0 Å². The van der Waals surface area contributed by atoms with Crippen LogP contribution >= 0.6 is 11.8 Å². The zero-order valence-corrected chi connectivity index (χ0v) is 12.0. The molecule has 1 fully saturated rings. The van der Waals surface area contributed by atoms with Crippen LogP contribution in [0.1, 0.15) is 25.7 Å². The van der Waals surface area contributed by atoms with E-state index >= 15 is 0 Å². The summed E-state index contributed by atoms with van der Waals surface area (Å²) in [5, 5.41) is 3.57. The molecule has 2 rings (SSSR count). The number of nitrogens with one attached hydrogen (secondary N) is 1. The Morgan fingerprint density at radius 3 is 2.61 bits per heavy atom. The molecular weight excluding hydrogens is 242 g/mol. The number of ether oxygens (including phenoxy) is 1. The lowest BCUT2D eigenvalue weighted by molar-refractivity contribution is 0.414. The van der Waals surface area contributed by atoms with E-state index in [4.69, 9.17) is 4.74 Å². The minimum atomic E-state index is 0.929. The van der Waals surface area contributed by atoms with Crippen molar-refractivity contribution in [3.05, 3.63) is 24.3 Å². The van der Waals surface area contributed by atoms with E-state index in [0.29, 0.717) is 0 Å². The molecule has 100 valence electrons. The Hall–Kier alpha value is -0.670. The summed E-state index contributed by atoms with van der Waals surface area (Å²) in [6, 6.07) is 8.30. The third kappa shape index (κ3) is 4.54. The number of hydrogen-bond acceptors (Lipinski definition) is 3. The first-order valence-corrected chi connectivity index (χ1v) is 7.84. The minimum Gasteiger partial charge on any atom is -0.497 e. The molecule has 3 heteroatoms. The van der Waals surface area contributed by atoms with Crippen molar-refractivity contribution < 1.29 is 4.74 Å². The van der Waals surface area contributed by atoms with Gasteiger partial charge >= 0.3 is 0 Å². The lowest BCUT2D eigenvalue weighted by atomic mass is 10.1. The maximum Gasteiger partial charge on any atom is 0.118 e. The molecule has 1 aliphatic rings. The average Bonchev–Trinajstić information content (AvgIpc) is 2.92. The second-order valence-corrected chi connectivity index (χ2v) is 6.05. The van der Waals surface area contributed by atoms with Gasteiger partial charge in [-0.15, -0.1) is 11.8 Å². The fourth-order valence-electron chi connectivity index (χ4n) is 2.43. The van der Waals surface area contributed by atoms with E-state index in [9.17, 15) is 0 Å². The van der Waals surface area contributed by atoms with E-state index < -0.39 is 0 Å². The Morgan fingerprint density at radius 1 is 1.22 bits per heavy atom. The van der Waals surface area contributed by atoms with Crippen molar-refractivity contribution in [1.29, 1.82) is 0 Å².